The molecule has 2 aliphatic carbocycles. The Morgan fingerprint density at radius 2 is 1.71 bits per heavy atom. The first-order valence-electron chi connectivity index (χ1n) is 12.2. The molecule has 184 valence electrons. The Kier molecular flexibility index (Phi) is 6.72. The van der Waals surface area contributed by atoms with Crippen molar-refractivity contribution in [1.82, 2.24) is 10.2 Å². The number of carboxylic acids is 1. The van der Waals surface area contributed by atoms with Gasteiger partial charge in [0.2, 0.25) is 5.91 Å². The molecular formula is C27H30N2O6. The smallest absolute Gasteiger partial charge is 0.407 e. The zero-order valence-corrected chi connectivity index (χ0v) is 19.5. The van der Waals surface area contributed by atoms with E-state index in [0.29, 0.717) is 39.0 Å². The van der Waals surface area contributed by atoms with Crippen LogP contribution < -0.4 is 5.32 Å². The van der Waals surface area contributed by atoms with Gasteiger partial charge in [-0.05, 0) is 41.5 Å². The van der Waals surface area contributed by atoms with Crippen molar-refractivity contribution in [3.8, 4) is 11.1 Å². The van der Waals surface area contributed by atoms with Gasteiger partial charge in [0, 0.05) is 31.0 Å². The molecule has 2 amide bonds. The van der Waals surface area contributed by atoms with Crippen LogP contribution in [0.4, 0.5) is 4.79 Å². The van der Waals surface area contributed by atoms with Crippen molar-refractivity contribution in [2.45, 2.75) is 43.7 Å². The summed E-state index contributed by atoms with van der Waals surface area (Å²) in [7, 11) is 0. The fourth-order valence-corrected chi connectivity index (χ4v) is 5.64. The maximum atomic E-state index is 13.0. The van der Waals surface area contributed by atoms with Gasteiger partial charge in [0.15, 0.2) is 0 Å². The van der Waals surface area contributed by atoms with Crippen LogP contribution in [-0.2, 0) is 19.1 Å². The second-order valence-electron chi connectivity index (χ2n) is 9.55. The molecule has 1 aliphatic heterocycles. The van der Waals surface area contributed by atoms with Crippen LogP contribution in [0.25, 0.3) is 11.1 Å². The van der Waals surface area contributed by atoms with Gasteiger partial charge in [-0.2, -0.15) is 0 Å². The van der Waals surface area contributed by atoms with Crippen LogP contribution in [0.2, 0.25) is 0 Å². The number of nitrogens with one attached hydrogen (secondary N) is 1. The molecule has 5 rings (SSSR count). The first-order chi connectivity index (χ1) is 17.0. The summed E-state index contributed by atoms with van der Waals surface area (Å²) in [5.41, 5.74) is 4.70. The molecule has 35 heavy (non-hydrogen) atoms. The fourth-order valence-electron chi connectivity index (χ4n) is 5.64. The van der Waals surface area contributed by atoms with Gasteiger partial charge in [0.05, 0.1) is 19.1 Å². The number of carboxylic acid groups (broad SMARTS) is 1. The SMILES string of the molecule is O=C(O)CC1CN(C(=O)[C@H]2CC[C@@H](NC(=O)OCC3c4ccccc4-c4ccccc43)C2)CCO1. The highest BCUT2D eigenvalue weighted by molar-refractivity contribution is 5.80. The molecule has 2 N–H and O–H groups in total. The van der Waals surface area contributed by atoms with Crippen molar-refractivity contribution in [3.63, 3.8) is 0 Å². The average molecular weight is 479 g/mol. The van der Waals surface area contributed by atoms with Gasteiger partial charge in [-0.1, -0.05) is 48.5 Å². The lowest BCUT2D eigenvalue weighted by molar-refractivity contribution is -0.149. The summed E-state index contributed by atoms with van der Waals surface area (Å²) in [6.07, 6.45) is 0.918. The van der Waals surface area contributed by atoms with Crippen molar-refractivity contribution in [2.24, 2.45) is 5.92 Å². The van der Waals surface area contributed by atoms with E-state index in [9.17, 15) is 14.4 Å². The zero-order valence-electron chi connectivity index (χ0n) is 19.5. The van der Waals surface area contributed by atoms with Gasteiger partial charge in [-0.15, -0.1) is 0 Å². The average Bonchev–Trinajstić information content (AvgIpc) is 3.45. The highest BCUT2D eigenvalue weighted by Gasteiger charge is 2.36. The molecule has 3 aliphatic rings. The third kappa shape index (κ3) is 5.03. The second kappa shape index (κ2) is 10.1. The molecule has 1 saturated heterocycles. The molecule has 0 radical (unpaired) electrons. The number of aliphatic carboxylic acids is 1. The molecule has 0 bridgehead atoms. The Hall–Kier alpha value is -3.39. The van der Waals surface area contributed by atoms with Crippen molar-refractivity contribution in [1.29, 1.82) is 0 Å². The minimum absolute atomic E-state index is 0.00567. The van der Waals surface area contributed by atoms with Crippen molar-refractivity contribution >= 4 is 18.0 Å². The first kappa shape index (κ1) is 23.4. The van der Waals surface area contributed by atoms with Gasteiger partial charge in [-0.25, -0.2) is 4.79 Å². The second-order valence-corrected chi connectivity index (χ2v) is 9.55. The van der Waals surface area contributed by atoms with Crippen LogP contribution in [0.3, 0.4) is 0 Å². The number of fused-ring (bicyclic) bond motifs is 3. The molecule has 2 aromatic rings. The summed E-state index contributed by atoms with van der Waals surface area (Å²) < 4.78 is 11.1. The summed E-state index contributed by atoms with van der Waals surface area (Å²) in [6.45, 7) is 1.37. The van der Waals surface area contributed by atoms with Crippen LogP contribution in [0, 0.1) is 5.92 Å². The minimum atomic E-state index is -0.933. The number of rotatable bonds is 6. The third-order valence-electron chi connectivity index (χ3n) is 7.30. The van der Waals surface area contributed by atoms with Gasteiger partial charge in [-0.3, -0.25) is 9.59 Å². The number of carbonyl (C=O) groups is 3. The Morgan fingerprint density at radius 3 is 2.40 bits per heavy atom. The van der Waals surface area contributed by atoms with E-state index in [1.54, 1.807) is 4.90 Å². The summed E-state index contributed by atoms with van der Waals surface area (Å²) in [4.78, 5) is 38.3. The van der Waals surface area contributed by atoms with Crippen LogP contribution >= 0.6 is 0 Å². The standard InChI is InChI=1S/C27H30N2O6/c30-25(31)14-19-15-29(11-12-34-19)26(32)17-9-10-18(13-17)28-27(33)35-16-24-22-7-3-1-5-20(22)21-6-2-4-8-23(21)24/h1-8,17-19,24H,9-16H2,(H,28,33)(H,30,31)/t17-,18+,19?/m0/s1. The maximum absolute atomic E-state index is 13.0. The number of amides is 2. The maximum Gasteiger partial charge on any atom is 0.407 e. The van der Waals surface area contributed by atoms with E-state index in [4.69, 9.17) is 14.6 Å². The van der Waals surface area contributed by atoms with E-state index in [-0.39, 0.29) is 36.8 Å². The summed E-state index contributed by atoms with van der Waals surface area (Å²) in [5.74, 6) is -1.10. The van der Waals surface area contributed by atoms with Crippen molar-refractivity contribution in [3.05, 3.63) is 59.7 Å². The van der Waals surface area contributed by atoms with Crippen LogP contribution in [0.1, 0.15) is 42.7 Å². The molecule has 2 aromatic carbocycles. The Balaban J connectivity index is 1.12. The molecular weight excluding hydrogens is 448 g/mol. The van der Waals surface area contributed by atoms with Gasteiger partial charge < -0.3 is 24.8 Å². The Labute approximate surface area is 204 Å². The summed E-state index contributed by atoms with van der Waals surface area (Å²) in [6, 6.07) is 16.3. The molecule has 2 fully saturated rings. The number of carbonyl (C=O) groups excluding carboxylic acids is 2. The van der Waals surface area contributed by atoms with Crippen LogP contribution in [0.15, 0.2) is 48.5 Å². The zero-order chi connectivity index (χ0) is 24.4. The normalized spacial score (nSPS) is 23.4. The molecule has 3 atom stereocenters. The van der Waals surface area contributed by atoms with Crippen LogP contribution in [-0.4, -0.2) is 66.4 Å². The largest absolute Gasteiger partial charge is 0.481 e. The van der Waals surface area contributed by atoms with Gasteiger partial charge in [0.25, 0.3) is 0 Å². The number of benzene rings is 2. The Bertz CT molecular complexity index is 1070. The van der Waals surface area contributed by atoms with E-state index >= 15 is 0 Å². The fraction of sp³-hybridized carbons (Fsp3) is 0.444. The number of hydrogen-bond donors (Lipinski definition) is 2. The molecule has 0 aromatic heterocycles. The monoisotopic (exact) mass is 478 g/mol. The minimum Gasteiger partial charge on any atom is -0.481 e. The van der Waals surface area contributed by atoms with E-state index in [0.717, 1.165) is 0 Å². The van der Waals surface area contributed by atoms with E-state index in [1.165, 1.54) is 22.3 Å². The predicted octanol–water partition coefficient (Wildman–Crippen LogP) is 3.40. The molecule has 0 spiro atoms. The van der Waals surface area contributed by atoms with Gasteiger partial charge in [0.1, 0.15) is 6.61 Å². The van der Waals surface area contributed by atoms with E-state index in [1.807, 2.05) is 24.3 Å². The highest BCUT2D eigenvalue weighted by Crippen LogP contribution is 2.44. The van der Waals surface area contributed by atoms with Crippen molar-refractivity contribution in [2.75, 3.05) is 26.3 Å². The Morgan fingerprint density at radius 1 is 1.03 bits per heavy atom. The molecule has 1 saturated carbocycles. The predicted molar refractivity (Wildman–Crippen MR) is 128 cm³/mol. The molecule has 8 nitrogen and oxygen atoms in total. The van der Waals surface area contributed by atoms with E-state index in [2.05, 4.69) is 29.6 Å². The number of alkyl carbamates (subject to hydrolysis) is 1. The molecule has 1 heterocycles. The van der Waals surface area contributed by atoms with E-state index < -0.39 is 18.2 Å². The lowest BCUT2D eigenvalue weighted by Crippen LogP contribution is -2.48. The first-order valence-corrected chi connectivity index (χ1v) is 12.2. The molecule has 1 unspecified atom stereocenters. The number of ether oxygens (including phenoxy) is 2. The number of morpholine rings is 1. The third-order valence-corrected chi connectivity index (χ3v) is 7.30. The van der Waals surface area contributed by atoms with Crippen molar-refractivity contribution < 1.29 is 29.0 Å². The highest BCUT2D eigenvalue weighted by atomic mass is 16.5. The van der Waals surface area contributed by atoms with Crippen LogP contribution in [0.5, 0.6) is 0 Å². The lowest BCUT2D eigenvalue weighted by atomic mass is 9.98. The number of nitrogens with zero attached hydrogens (tertiary/aromatic N) is 1. The quantitative estimate of drug-likeness (QED) is 0.659. The number of hydrogen-bond acceptors (Lipinski definition) is 5. The summed E-state index contributed by atoms with van der Waals surface area (Å²) in [5, 5.41) is 11.9. The topological polar surface area (TPSA) is 105 Å². The lowest BCUT2D eigenvalue weighted by Gasteiger charge is -2.34. The summed E-state index contributed by atoms with van der Waals surface area (Å²) >= 11 is 0. The molecule has 8 heteroatoms. The van der Waals surface area contributed by atoms with Gasteiger partial charge >= 0.3 is 12.1 Å².